The summed E-state index contributed by atoms with van der Waals surface area (Å²) < 4.78 is 38.1. The third-order valence-electron chi connectivity index (χ3n) is 3.44. The third kappa shape index (κ3) is 2.63. The summed E-state index contributed by atoms with van der Waals surface area (Å²) in [6.45, 7) is 2.06. The van der Waals surface area contributed by atoms with Gasteiger partial charge in [-0.15, -0.1) is 0 Å². The van der Waals surface area contributed by atoms with Gasteiger partial charge in [-0.25, -0.2) is 4.98 Å². The lowest BCUT2D eigenvalue weighted by Gasteiger charge is -2.05. The van der Waals surface area contributed by atoms with Crippen LogP contribution in [0.3, 0.4) is 0 Å². The van der Waals surface area contributed by atoms with E-state index in [0.717, 1.165) is 24.1 Å². The van der Waals surface area contributed by atoms with Crippen molar-refractivity contribution in [3.63, 3.8) is 0 Å². The molecule has 0 aliphatic rings. The largest absolute Gasteiger partial charge is 0.416 e. The Morgan fingerprint density at radius 2 is 1.76 bits per heavy atom. The monoisotopic (exact) mass is 290 g/mol. The van der Waals surface area contributed by atoms with Gasteiger partial charge in [-0.2, -0.15) is 13.2 Å². The molecule has 0 saturated heterocycles. The van der Waals surface area contributed by atoms with Gasteiger partial charge in [0.1, 0.15) is 5.82 Å². The van der Waals surface area contributed by atoms with Gasteiger partial charge in [-0.05, 0) is 30.2 Å². The standard InChI is InChI=1S/C16H13F3N2/c1-2-10-3-5-11(6-4-10)15-20-13-8-7-12(16(17,18)19)9-14(13)21-15/h3-9H,2H2,1H3,(H,20,21). The average molecular weight is 290 g/mol. The molecular formula is C16H13F3N2. The smallest absolute Gasteiger partial charge is 0.338 e. The van der Waals surface area contributed by atoms with Crippen molar-refractivity contribution >= 4 is 11.0 Å². The number of aryl methyl sites for hydroxylation is 1. The number of rotatable bonds is 2. The summed E-state index contributed by atoms with van der Waals surface area (Å²) in [4.78, 5) is 7.29. The summed E-state index contributed by atoms with van der Waals surface area (Å²) in [5.74, 6) is 0.576. The van der Waals surface area contributed by atoms with Crippen LogP contribution in [0.1, 0.15) is 18.1 Å². The average Bonchev–Trinajstić information content (AvgIpc) is 2.89. The maximum absolute atomic E-state index is 12.7. The second-order valence-corrected chi connectivity index (χ2v) is 4.87. The predicted molar refractivity (Wildman–Crippen MR) is 75.9 cm³/mol. The molecule has 1 aromatic heterocycles. The molecular weight excluding hydrogens is 277 g/mol. The molecule has 0 aliphatic carbocycles. The topological polar surface area (TPSA) is 28.7 Å². The number of nitrogens with zero attached hydrogens (tertiary/aromatic N) is 1. The van der Waals surface area contributed by atoms with Crippen LogP contribution in [0, 0.1) is 0 Å². The maximum Gasteiger partial charge on any atom is 0.416 e. The molecule has 108 valence electrons. The van der Waals surface area contributed by atoms with Crippen molar-refractivity contribution in [2.24, 2.45) is 0 Å². The van der Waals surface area contributed by atoms with Crippen molar-refractivity contribution < 1.29 is 13.2 Å². The quantitative estimate of drug-likeness (QED) is 0.720. The first-order valence-electron chi connectivity index (χ1n) is 6.63. The van der Waals surface area contributed by atoms with Gasteiger partial charge in [-0.1, -0.05) is 31.2 Å². The number of aromatic amines is 1. The van der Waals surface area contributed by atoms with Crippen molar-refractivity contribution in [1.29, 1.82) is 0 Å². The van der Waals surface area contributed by atoms with Crippen LogP contribution in [0.2, 0.25) is 0 Å². The van der Waals surface area contributed by atoms with Crippen LogP contribution in [0.15, 0.2) is 42.5 Å². The van der Waals surface area contributed by atoms with E-state index in [1.54, 1.807) is 0 Å². The van der Waals surface area contributed by atoms with Gasteiger partial charge in [0.15, 0.2) is 0 Å². The summed E-state index contributed by atoms with van der Waals surface area (Å²) in [5, 5.41) is 0. The summed E-state index contributed by atoms with van der Waals surface area (Å²) >= 11 is 0. The zero-order valence-electron chi connectivity index (χ0n) is 11.3. The van der Waals surface area contributed by atoms with Crippen LogP contribution in [0.5, 0.6) is 0 Å². The zero-order valence-corrected chi connectivity index (χ0v) is 11.3. The van der Waals surface area contributed by atoms with E-state index < -0.39 is 11.7 Å². The molecule has 0 bridgehead atoms. The number of nitrogens with one attached hydrogen (secondary N) is 1. The summed E-state index contributed by atoms with van der Waals surface area (Å²) in [6.07, 6.45) is -3.41. The number of alkyl halides is 3. The van der Waals surface area contributed by atoms with Gasteiger partial charge in [-0.3, -0.25) is 0 Å². The highest BCUT2D eigenvalue weighted by Crippen LogP contribution is 2.31. The van der Waals surface area contributed by atoms with Crippen molar-refractivity contribution in [3.05, 3.63) is 53.6 Å². The number of hydrogen-bond acceptors (Lipinski definition) is 1. The number of benzene rings is 2. The Morgan fingerprint density at radius 3 is 2.38 bits per heavy atom. The van der Waals surface area contributed by atoms with Crippen molar-refractivity contribution in [2.75, 3.05) is 0 Å². The molecule has 3 aromatic rings. The fourth-order valence-corrected chi connectivity index (χ4v) is 2.22. The minimum atomic E-state index is -4.35. The number of fused-ring (bicyclic) bond motifs is 1. The Bertz CT molecular complexity index is 770. The van der Waals surface area contributed by atoms with Crippen molar-refractivity contribution in [2.45, 2.75) is 19.5 Å². The van der Waals surface area contributed by atoms with Crippen LogP contribution in [-0.4, -0.2) is 9.97 Å². The van der Waals surface area contributed by atoms with Gasteiger partial charge >= 0.3 is 6.18 Å². The molecule has 3 rings (SSSR count). The third-order valence-corrected chi connectivity index (χ3v) is 3.44. The van der Waals surface area contributed by atoms with Gasteiger partial charge < -0.3 is 4.98 Å². The van der Waals surface area contributed by atoms with Gasteiger partial charge in [0.05, 0.1) is 16.6 Å². The second-order valence-electron chi connectivity index (χ2n) is 4.87. The first-order chi connectivity index (χ1) is 9.97. The van der Waals surface area contributed by atoms with Crippen LogP contribution >= 0.6 is 0 Å². The second kappa shape index (κ2) is 4.91. The van der Waals surface area contributed by atoms with E-state index >= 15 is 0 Å². The molecule has 1 N–H and O–H groups in total. The van der Waals surface area contributed by atoms with E-state index in [0.29, 0.717) is 16.9 Å². The van der Waals surface area contributed by atoms with E-state index in [-0.39, 0.29) is 0 Å². The van der Waals surface area contributed by atoms with Crippen LogP contribution in [-0.2, 0) is 12.6 Å². The maximum atomic E-state index is 12.7. The number of aromatic nitrogens is 2. The highest BCUT2D eigenvalue weighted by molar-refractivity contribution is 5.80. The van der Waals surface area contributed by atoms with Crippen molar-refractivity contribution in [1.82, 2.24) is 9.97 Å². The molecule has 21 heavy (non-hydrogen) atoms. The Balaban J connectivity index is 2.04. The highest BCUT2D eigenvalue weighted by atomic mass is 19.4. The molecule has 0 fully saturated rings. The molecule has 0 aliphatic heterocycles. The minimum absolute atomic E-state index is 0.388. The summed E-state index contributed by atoms with van der Waals surface area (Å²) in [6, 6.07) is 11.3. The van der Waals surface area contributed by atoms with E-state index in [4.69, 9.17) is 0 Å². The van der Waals surface area contributed by atoms with E-state index in [9.17, 15) is 13.2 Å². The molecule has 0 spiro atoms. The number of hydrogen-bond donors (Lipinski definition) is 1. The van der Waals surface area contributed by atoms with Crippen molar-refractivity contribution in [3.8, 4) is 11.4 Å². The SMILES string of the molecule is CCc1ccc(-c2nc3ccc(C(F)(F)F)cc3[nH]2)cc1. The Morgan fingerprint density at radius 1 is 1.05 bits per heavy atom. The van der Waals surface area contributed by atoms with E-state index in [1.165, 1.54) is 11.6 Å². The first kappa shape index (κ1) is 13.7. The minimum Gasteiger partial charge on any atom is -0.338 e. The Labute approximate surface area is 119 Å². The fourth-order valence-electron chi connectivity index (χ4n) is 2.22. The van der Waals surface area contributed by atoms with Crippen LogP contribution in [0.4, 0.5) is 13.2 Å². The Hall–Kier alpha value is -2.30. The summed E-state index contributed by atoms with van der Waals surface area (Å²) in [7, 11) is 0. The molecule has 0 radical (unpaired) electrons. The Kier molecular flexibility index (Phi) is 3.20. The lowest BCUT2D eigenvalue weighted by Crippen LogP contribution is -2.04. The molecule has 2 aromatic carbocycles. The highest BCUT2D eigenvalue weighted by Gasteiger charge is 2.30. The van der Waals surface area contributed by atoms with Gasteiger partial charge in [0, 0.05) is 5.56 Å². The van der Waals surface area contributed by atoms with Crippen LogP contribution in [0.25, 0.3) is 22.4 Å². The van der Waals surface area contributed by atoms with E-state index in [1.807, 2.05) is 24.3 Å². The molecule has 5 heteroatoms. The summed E-state index contributed by atoms with van der Waals surface area (Å²) in [5.41, 5.74) is 2.30. The molecule has 0 saturated carbocycles. The molecule has 0 amide bonds. The number of halogens is 3. The number of H-pyrrole nitrogens is 1. The molecule has 0 unspecified atom stereocenters. The normalized spacial score (nSPS) is 12.0. The zero-order chi connectivity index (χ0) is 15.0. The predicted octanol–water partition coefficient (Wildman–Crippen LogP) is 4.81. The lowest BCUT2D eigenvalue weighted by atomic mass is 10.1. The van der Waals surface area contributed by atoms with Gasteiger partial charge in [0.2, 0.25) is 0 Å². The lowest BCUT2D eigenvalue weighted by molar-refractivity contribution is -0.137. The van der Waals surface area contributed by atoms with Gasteiger partial charge in [0.25, 0.3) is 0 Å². The van der Waals surface area contributed by atoms with Crippen LogP contribution < -0.4 is 0 Å². The fraction of sp³-hybridized carbons (Fsp3) is 0.188. The molecule has 1 heterocycles. The molecule has 0 atom stereocenters. The van der Waals surface area contributed by atoms with E-state index in [2.05, 4.69) is 16.9 Å². The first-order valence-corrected chi connectivity index (χ1v) is 6.63. The molecule has 2 nitrogen and oxygen atoms in total. The number of imidazole rings is 1.